The lowest BCUT2D eigenvalue weighted by Gasteiger charge is -2.33. The van der Waals surface area contributed by atoms with Crippen molar-refractivity contribution in [2.75, 3.05) is 13.1 Å². The molecule has 174 valence electrons. The van der Waals surface area contributed by atoms with Gasteiger partial charge in [0.2, 0.25) is 0 Å². The lowest BCUT2D eigenvalue weighted by Crippen LogP contribution is -2.48. The maximum atomic E-state index is 12.1. The molecule has 1 aliphatic rings. The van der Waals surface area contributed by atoms with Crippen molar-refractivity contribution in [2.24, 2.45) is 0 Å². The molecule has 1 fully saturated rings. The molecule has 0 radical (unpaired) electrons. The highest BCUT2D eigenvalue weighted by Gasteiger charge is 2.24. The van der Waals surface area contributed by atoms with Crippen LogP contribution < -0.4 is 5.32 Å². The highest BCUT2D eigenvalue weighted by atomic mass is 79.9. The first kappa shape index (κ1) is 23.4. The second kappa shape index (κ2) is 10.1. The molecule has 4 rings (SSSR count). The molecule has 3 heterocycles. The Morgan fingerprint density at radius 2 is 2.03 bits per heavy atom. The average molecular weight is 512 g/mol. The van der Waals surface area contributed by atoms with Gasteiger partial charge in [0.05, 0.1) is 11.9 Å². The Kier molecular flexibility index (Phi) is 7.14. The van der Waals surface area contributed by atoms with Crippen LogP contribution in [0.1, 0.15) is 39.2 Å². The number of rotatable bonds is 5. The number of alkyl carbamates (subject to hydrolysis) is 1. The van der Waals surface area contributed by atoms with Crippen molar-refractivity contribution in [3.05, 3.63) is 58.8 Å². The van der Waals surface area contributed by atoms with E-state index in [0.29, 0.717) is 0 Å². The number of amides is 1. The maximum absolute atomic E-state index is 12.1. The third kappa shape index (κ3) is 6.65. The Hall–Kier alpha value is -2.71. The minimum atomic E-state index is -0.491. The number of hydrogen-bond acceptors (Lipinski definition) is 5. The fourth-order valence-corrected chi connectivity index (χ4v) is 4.24. The van der Waals surface area contributed by atoms with Gasteiger partial charge in [-0.15, -0.1) is 0 Å². The van der Waals surface area contributed by atoms with Crippen molar-refractivity contribution in [1.82, 2.24) is 25.2 Å². The number of carbonyl (C=O) groups is 1. The number of H-pyrrole nitrogens is 1. The maximum Gasteiger partial charge on any atom is 0.407 e. The number of halogens is 1. The third-order valence-corrected chi connectivity index (χ3v) is 5.96. The number of imidazole rings is 1. The summed E-state index contributed by atoms with van der Waals surface area (Å²) in [7, 11) is 0. The standard InChI is InChI=1S/C25H30BrN5O2/c1-25(2,3)33-24(32)29-20-5-4-12-31(16-20)15-17-10-11-27-21(13-17)23-28-14-22(30-23)18-6-8-19(26)9-7-18/h6-11,13-14,20H,4-5,12,15-16H2,1-3H3,(H,28,30)(H,29,32)/t20-/m1/s1. The van der Waals surface area contributed by atoms with E-state index in [9.17, 15) is 4.79 Å². The van der Waals surface area contributed by atoms with E-state index >= 15 is 0 Å². The van der Waals surface area contributed by atoms with Gasteiger partial charge in [0, 0.05) is 29.8 Å². The molecule has 0 spiro atoms. The van der Waals surface area contributed by atoms with Gasteiger partial charge in [-0.3, -0.25) is 9.88 Å². The van der Waals surface area contributed by atoms with Crippen LogP contribution in [0, 0.1) is 0 Å². The van der Waals surface area contributed by atoms with Crippen LogP contribution in [0.2, 0.25) is 0 Å². The number of aromatic amines is 1. The van der Waals surface area contributed by atoms with Crippen LogP contribution in [-0.2, 0) is 11.3 Å². The Balaban J connectivity index is 1.39. The summed E-state index contributed by atoms with van der Waals surface area (Å²) in [6.07, 6.45) is 5.31. The van der Waals surface area contributed by atoms with Gasteiger partial charge in [-0.2, -0.15) is 0 Å². The van der Waals surface area contributed by atoms with E-state index in [1.165, 1.54) is 5.56 Å². The van der Waals surface area contributed by atoms with Gasteiger partial charge < -0.3 is 15.0 Å². The molecular formula is C25H30BrN5O2. The van der Waals surface area contributed by atoms with E-state index in [0.717, 1.165) is 59.7 Å². The van der Waals surface area contributed by atoms with E-state index in [-0.39, 0.29) is 12.1 Å². The molecule has 0 bridgehead atoms. The second-order valence-electron chi connectivity index (χ2n) is 9.42. The summed E-state index contributed by atoms with van der Waals surface area (Å²) in [6.45, 7) is 8.22. The van der Waals surface area contributed by atoms with Crippen molar-refractivity contribution < 1.29 is 9.53 Å². The van der Waals surface area contributed by atoms with Crippen molar-refractivity contribution >= 4 is 22.0 Å². The normalized spacial score (nSPS) is 17.0. The van der Waals surface area contributed by atoms with E-state index in [4.69, 9.17) is 4.74 Å². The molecule has 33 heavy (non-hydrogen) atoms. The number of likely N-dealkylation sites (tertiary alicyclic amines) is 1. The van der Waals surface area contributed by atoms with Crippen molar-refractivity contribution in [2.45, 2.75) is 51.8 Å². The van der Waals surface area contributed by atoms with Crippen LogP contribution in [0.3, 0.4) is 0 Å². The molecule has 7 nitrogen and oxygen atoms in total. The molecule has 0 saturated carbocycles. The molecule has 1 aliphatic heterocycles. The van der Waals surface area contributed by atoms with Crippen molar-refractivity contribution in [3.8, 4) is 22.8 Å². The minimum absolute atomic E-state index is 0.0912. The Morgan fingerprint density at radius 3 is 2.79 bits per heavy atom. The first-order valence-corrected chi connectivity index (χ1v) is 12.0. The number of benzene rings is 1. The minimum Gasteiger partial charge on any atom is -0.444 e. The van der Waals surface area contributed by atoms with Crippen LogP contribution in [0.4, 0.5) is 4.79 Å². The van der Waals surface area contributed by atoms with Crippen LogP contribution in [0.5, 0.6) is 0 Å². The Bertz CT molecular complexity index is 1090. The predicted molar refractivity (Wildman–Crippen MR) is 133 cm³/mol. The van der Waals surface area contributed by atoms with E-state index < -0.39 is 5.60 Å². The number of piperidine rings is 1. The molecule has 2 aromatic heterocycles. The predicted octanol–water partition coefficient (Wildman–Crippen LogP) is 5.39. The zero-order valence-corrected chi connectivity index (χ0v) is 20.9. The topological polar surface area (TPSA) is 83.1 Å². The molecular weight excluding hydrogens is 482 g/mol. The summed E-state index contributed by atoms with van der Waals surface area (Å²) >= 11 is 3.47. The summed E-state index contributed by atoms with van der Waals surface area (Å²) in [5.74, 6) is 0.748. The number of nitrogens with zero attached hydrogens (tertiary/aromatic N) is 3. The third-order valence-electron chi connectivity index (χ3n) is 5.43. The summed E-state index contributed by atoms with van der Waals surface area (Å²) in [4.78, 5) is 26.9. The molecule has 2 N–H and O–H groups in total. The van der Waals surface area contributed by atoms with Gasteiger partial charge in [-0.1, -0.05) is 28.1 Å². The van der Waals surface area contributed by atoms with E-state index in [1.807, 2.05) is 63.5 Å². The van der Waals surface area contributed by atoms with Crippen LogP contribution in [0.15, 0.2) is 53.3 Å². The van der Waals surface area contributed by atoms with Gasteiger partial charge in [0.15, 0.2) is 5.82 Å². The summed E-state index contributed by atoms with van der Waals surface area (Å²) < 4.78 is 6.45. The fraction of sp³-hybridized carbons (Fsp3) is 0.400. The number of aromatic nitrogens is 3. The van der Waals surface area contributed by atoms with Crippen molar-refractivity contribution in [3.63, 3.8) is 0 Å². The molecule has 1 saturated heterocycles. The lowest BCUT2D eigenvalue weighted by molar-refractivity contribution is 0.0470. The van der Waals surface area contributed by atoms with Gasteiger partial charge >= 0.3 is 6.09 Å². The monoisotopic (exact) mass is 511 g/mol. The number of hydrogen-bond donors (Lipinski definition) is 2. The molecule has 8 heteroatoms. The Labute approximate surface area is 203 Å². The van der Waals surface area contributed by atoms with E-state index in [1.54, 1.807) is 0 Å². The Morgan fingerprint density at radius 1 is 1.24 bits per heavy atom. The number of carbonyl (C=O) groups excluding carboxylic acids is 1. The molecule has 0 unspecified atom stereocenters. The first-order chi connectivity index (χ1) is 15.7. The molecule has 1 aromatic carbocycles. The second-order valence-corrected chi connectivity index (χ2v) is 10.3. The molecule has 1 atom stereocenters. The van der Waals surface area contributed by atoms with Crippen LogP contribution in [-0.4, -0.2) is 50.7 Å². The van der Waals surface area contributed by atoms with Gasteiger partial charge in [0.1, 0.15) is 11.3 Å². The van der Waals surface area contributed by atoms with Crippen LogP contribution in [0.25, 0.3) is 22.8 Å². The summed E-state index contributed by atoms with van der Waals surface area (Å²) in [6, 6.07) is 12.3. The summed E-state index contributed by atoms with van der Waals surface area (Å²) in [5.41, 5.74) is 3.52. The van der Waals surface area contributed by atoms with Gasteiger partial charge in [0.25, 0.3) is 0 Å². The smallest absolute Gasteiger partial charge is 0.407 e. The molecule has 3 aromatic rings. The highest BCUT2D eigenvalue weighted by molar-refractivity contribution is 9.10. The quantitative estimate of drug-likeness (QED) is 0.479. The zero-order valence-electron chi connectivity index (χ0n) is 19.3. The van der Waals surface area contributed by atoms with Crippen LogP contribution >= 0.6 is 15.9 Å². The first-order valence-electron chi connectivity index (χ1n) is 11.2. The zero-order chi connectivity index (χ0) is 23.4. The SMILES string of the molecule is CC(C)(C)OC(=O)N[C@@H]1CCCN(Cc2ccnc(-c3ncc(-c4ccc(Br)cc4)[nH]3)c2)C1. The van der Waals surface area contributed by atoms with Crippen molar-refractivity contribution in [1.29, 1.82) is 0 Å². The molecule has 1 amide bonds. The number of ether oxygens (including phenoxy) is 1. The average Bonchev–Trinajstić information content (AvgIpc) is 3.24. The fourth-order valence-electron chi connectivity index (χ4n) is 3.98. The summed E-state index contributed by atoms with van der Waals surface area (Å²) in [5, 5.41) is 3.02. The van der Waals surface area contributed by atoms with E-state index in [2.05, 4.69) is 47.2 Å². The largest absolute Gasteiger partial charge is 0.444 e. The highest BCUT2D eigenvalue weighted by Crippen LogP contribution is 2.24. The van der Waals surface area contributed by atoms with Gasteiger partial charge in [-0.05, 0) is 75.5 Å². The van der Waals surface area contributed by atoms with Gasteiger partial charge in [-0.25, -0.2) is 9.78 Å². The number of pyridine rings is 1. The molecule has 0 aliphatic carbocycles. The lowest BCUT2D eigenvalue weighted by atomic mass is 10.0. The number of nitrogens with one attached hydrogen (secondary N) is 2.